The molecule has 1 amide bonds. The molecule has 1 saturated heterocycles. The average Bonchev–Trinajstić information content (AvgIpc) is 2.12. The van der Waals surface area contributed by atoms with Crippen LogP contribution in [-0.2, 0) is 4.79 Å². The highest BCUT2D eigenvalue weighted by Crippen LogP contribution is 2.22. The van der Waals surface area contributed by atoms with E-state index in [1.165, 1.54) is 0 Å². The van der Waals surface area contributed by atoms with Crippen molar-refractivity contribution in [2.75, 3.05) is 31.6 Å². The fourth-order valence-electron chi connectivity index (χ4n) is 1.34. The summed E-state index contributed by atoms with van der Waals surface area (Å²) in [6, 6.07) is 0.00811. The highest BCUT2D eigenvalue weighted by molar-refractivity contribution is 8.76. The lowest BCUT2D eigenvalue weighted by Gasteiger charge is -2.39. The second-order valence-corrected chi connectivity index (χ2v) is 6.03. The van der Waals surface area contributed by atoms with Crippen LogP contribution in [0.4, 0.5) is 13.2 Å². The van der Waals surface area contributed by atoms with Gasteiger partial charge in [-0.3, -0.25) is 4.79 Å². The molecule has 3 nitrogen and oxygen atoms in total. The van der Waals surface area contributed by atoms with Gasteiger partial charge in [0.1, 0.15) is 0 Å². The molecule has 0 radical (unpaired) electrons. The van der Waals surface area contributed by atoms with Gasteiger partial charge >= 0.3 is 12.1 Å². The minimum atomic E-state index is -4.74. The third-order valence-corrected chi connectivity index (χ3v) is 3.96. The van der Waals surface area contributed by atoms with Gasteiger partial charge in [0, 0.05) is 31.4 Å². The molecule has 0 aromatic rings. The van der Waals surface area contributed by atoms with E-state index < -0.39 is 12.1 Å². The first kappa shape index (κ1) is 14.0. The molecular weight excluding hydrogens is 261 g/mol. The first-order valence-corrected chi connectivity index (χ1v) is 7.43. The number of carbonyl (C=O) groups excluding carboxylic acids is 1. The predicted molar refractivity (Wildman–Crippen MR) is 60.4 cm³/mol. The summed E-state index contributed by atoms with van der Waals surface area (Å²) in [6.45, 7) is 1.06. The molecule has 0 unspecified atom stereocenters. The van der Waals surface area contributed by atoms with Gasteiger partial charge in [0.15, 0.2) is 0 Å². The molecule has 1 aliphatic heterocycles. The van der Waals surface area contributed by atoms with Crippen molar-refractivity contribution in [2.45, 2.75) is 12.2 Å². The number of likely N-dealkylation sites (tertiary alicyclic amines) is 1. The Labute approximate surface area is 99.9 Å². The molecule has 0 bridgehead atoms. The molecule has 0 spiro atoms. The molecular formula is C8H13F3N2OS2. The summed E-state index contributed by atoms with van der Waals surface area (Å²) in [6.07, 6.45) is -2.77. The van der Waals surface area contributed by atoms with Crippen LogP contribution in [0.3, 0.4) is 0 Å². The van der Waals surface area contributed by atoms with Crippen molar-refractivity contribution in [1.82, 2.24) is 10.2 Å². The Balaban J connectivity index is 2.11. The Hall–Kier alpha value is -0.0800. The highest BCUT2D eigenvalue weighted by atomic mass is 33.1. The highest BCUT2D eigenvalue weighted by Gasteiger charge is 2.46. The van der Waals surface area contributed by atoms with Gasteiger partial charge in [-0.25, -0.2) is 0 Å². The van der Waals surface area contributed by atoms with Crippen LogP contribution >= 0.6 is 21.6 Å². The van der Waals surface area contributed by atoms with Crippen molar-refractivity contribution in [3.63, 3.8) is 0 Å². The number of amides is 1. The number of alkyl halides is 3. The van der Waals surface area contributed by atoms with E-state index in [1.807, 2.05) is 6.26 Å². The molecule has 94 valence electrons. The Morgan fingerprint density at radius 3 is 2.62 bits per heavy atom. The Kier molecular flexibility index (Phi) is 5.26. The van der Waals surface area contributed by atoms with E-state index in [2.05, 4.69) is 5.32 Å². The second kappa shape index (κ2) is 6.02. The molecule has 0 saturated carbocycles. The molecule has 1 fully saturated rings. The van der Waals surface area contributed by atoms with Crippen molar-refractivity contribution in [3.05, 3.63) is 0 Å². The minimum absolute atomic E-state index is 0.00811. The third-order valence-electron chi connectivity index (χ3n) is 2.15. The Morgan fingerprint density at radius 2 is 2.12 bits per heavy atom. The standard InChI is InChI=1S/C8H13F3N2OS2/c1-15-16-3-2-12-6-4-13(5-6)7(14)8(9,10)11/h6,12H,2-5H2,1H3. The molecule has 8 heteroatoms. The summed E-state index contributed by atoms with van der Waals surface area (Å²) in [5, 5.41) is 3.09. The zero-order valence-electron chi connectivity index (χ0n) is 8.71. The number of carbonyl (C=O) groups is 1. The van der Waals surface area contributed by atoms with Gasteiger partial charge < -0.3 is 10.2 Å². The SMILES string of the molecule is CSSCCNC1CN(C(=O)C(F)(F)F)C1. The van der Waals surface area contributed by atoms with E-state index in [0.29, 0.717) is 0 Å². The lowest BCUT2D eigenvalue weighted by Crippen LogP contribution is -2.62. The van der Waals surface area contributed by atoms with Crippen LogP contribution in [0, 0.1) is 0 Å². The monoisotopic (exact) mass is 274 g/mol. The number of hydrogen-bond donors (Lipinski definition) is 1. The van der Waals surface area contributed by atoms with E-state index >= 15 is 0 Å². The molecule has 0 aromatic carbocycles. The van der Waals surface area contributed by atoms with Crippen LogP contribution in [0.5, 0.6) is 0 Å². The fraction of sp³-hybridized carbons (Fsp3) is 0.875. The zero-order valence-corrected chi connectivity index (χ0v) is 10.3. The summed E-state index contributed by atoms with van der Waals surface area (Å²) in [4.78, 5) is 11.6. The lowest BCUT2D eigenvalue weighted by molar-refractivity contribution is -0.190. The molecule has 0 aromatic heterocycles. The molecule has 0 atom stereocenters. The average molecular weight is 274 g/mol. The minimum Gasteiger partial charge on any atom is -0.332 e. The van der Waals surface area contributed by atoms with Crippen molar-refractivity contribution in [1.29, 1.82) is 0 Å². The second-order valence-electron chi connectivity index (χ2n) is 3.35. The van der Waals surface area contributed by atoms with E-state index in [4.69, 9.17) is 0 Å². The Bertz CT molecular complexity index is 244. The van der Waals surface area contributed by atoms with E-state index in [1.54, 1.807) is 21.6 Å². The maximum atomic E-state index is 12.0. The van der Waals surface area contributed by atoms with Crippen molar-refractivity contribution >= 4 is 27.5 Å². The summed E-state index contributed by atoms with van der Waals surface area (Å²) in [5.74, 6) is -0.825. The molecule has 1 N–H and O–H groups in total. The van der Waals surface area contributed by atoms with Crippen LogP contribution < -0.4 is 5.32 Å². The van der Waals surface area contributed by atoms with Crippen molar-refractivity contribution in [3.8, 4) is 0 Å². The van der Waals surface area contributed by atoms with Crippen LogP contribution in [0.1, 0.15) is 0 Å². The molecule has 1 aliphatic rings. The predicted octanol–water partition coefficient (Wildman–Crippen LogP) is 1.36. The summed E-state index contributed by atoms with van der Waals surface area (Å²) >= 11 is 0. The number of rotatable bonds is 5. The summed E-state index contributed by atoms with van der Waals surface area (Å²) in [5.41, 5.74) is 0. The van der Waals surface area contributed by atoms with Crippen LogP contribution in [0.2, 0.25) is 0 Å². The topological polar surface area (TPSA) is 32.3 Å². The van der Waals surface area contributed by atoms with Crippen LogP contribution in [-0.4, -0.2) is 54.7 Å². The maximum absolute atomic E-state index is 12.0. The van der Waals surface area contributed by atoms with Gasteiger partial charge in [-0.05, 0) is 6.26 Å². The van der Waals surface area contributed by atoms with Gasteiger partial charge in [0.2, 0.25) is 0 Å². The van der Waals surface area contributed by atoms with E-state index in [9.17, 15) is 18.0 Å². The fourth-order valence-corrected chi connectivity index (χ4v) is 2.46. The molecule has 1 heterocycles. The van der Waals surface area contributed by atoms with Crippen LogP contribution in [0.25, 0.3) is 0 Å². The zero-order chi connectivity index (χ0) is 12.2. The third kappa shape index (κ3) is 4.06. The van der Waals surface area contributed by atoms with Crippen molar-refractivity contribution < 1.29 is 18.0 Å². The van der Waals surface area contributed by atoms with Gasteiger partial charge in [-0.2, -0.15) is 13.2 Å². The Morgan fingerprint density at radius 1 is 1.50 bits per heavy atom. The van der Waals surface area contributed by atoms with E-state index in [0.717, 1.165) is 17.2 Å². The number of nitrogens with zero attached hydrogens (tertiary/aromatic N) is 1. The largest absolute Gasteiger partial charge is 0.471 e. The lowest BCUT2D eigenvalue weighted by atomic mass is 10.1. The summed E-state index contributed by atoms with van der Waals surface area (Å²) < 4.78 is 35.9. The van der Waals surface area contributed by atoms with E-state index in [-0.39, 0.29) is 19.1 Å². The van der Waals surface area contributed by atoms with Gasteiger partial charge in [0.05, 0.1) is 0 Å². The number of nitrogens with one attached hydrogen (secondary N) is 1. The van der Waals surface area contributed by atoms with Gasteiger partial charge in [0.25, 0.3) is 0 Å². The normalized spacial score (nSPS) is 17.4. The first-order valence-electron chi connectivity index (χ1n) is 4.70. The maximum Gasteiger partial charge on any atom is 0.471 e. The number of hydrogen-bond acceptors (Lipinski definition) is 4. The van der Waals surface area contributed by atoms with Crippen LogP contribution in [0.15, 0.2) is 0 Å². The first-order chi connectivity index (χ1) is 7.45. The van der Waals surface area contributed by atoms with Crippen molar-refractivity contribution in [2.24, 2.45) is 0 Å². The van der Waals surface area contributed by atoms with Gasteiger partial charge in [-0.1, -0.05) is 21.6 Å². The number of halogens is 3. The molecule has 0 aliphatic carbocycles. The quantitative estimate of drug-likeness (QED) is 0.606. The molecule has 1 rings (SSSR count). The smallest absolute Gasteiger partial charge is 0.332 e. The van der Waals surface area contributed by atoms with Gasteiger partial charge in [-0.15, -0.1) is 0 Å². The molecule has 16 heavy (non-hydrogen) atoms. The summed E-state index contributed by atoms with van der Waals surface area (Å²) in [7, 11) is 3.34.